The van der Waals surface area contributed by atoms with Crippen LogP contribution in [0.1, 0.15) is 10.6 Å². The van der Waals surface area contributed by atoms with E-state index >= 15 is 0 Å². The molecule has 0 atom stereocenters. The van der Waals surface area contributed by atoms with Crippen LogP contribution >= 0.6 is 22.9 Å². The molecule has 0 aliphatic carbocycles. The van der Waals surface area contributed by atoms with E-state index in [-0.39, 0.29) is 0 Å². The predicted octanol–water partition coefficient (Wildman–Crippen LogP) is 2.73. The number of imidazole rings is 1. The van der Waals surface area contributed by atoms with Crippen LogP contribution in [0.25, 0.3) is 0 Å². The van der Waals surface area contributed by atoms with Gasteiger partial charge in [0.2, 0.25) is 0 Å². The maximum Gasteiger partial charge on any atom is 0.0953 e. The number of nitrogens with zero attached hydrogens (tertiary/aromatic N) is 2. The third kappa shape index (κ3) is 2.11. The maximum absolute atomic E-state index is 5.65. The van der Waals surface area contributed by atoms with Crippen LogP contribution in [0.2, 0.25) is 0 Å². The lowest BCUT2D eigenvalue weighted by atomic mass is 10.4. The Kier molecular flexibility index (Phi) is 2.66. The van der Waals surface area contributed by atoms with Crippen molar-refractivity contribution in [1.29, 1.82) is 0 Å². The van der Waals surface area contributed by atoms with Gasteiger partial charge in [0, 0.05) is 11.1 Å². The molecule has 0 aliphatic heterocycles. The number of hydrogen-bond acceptors (Lipinski definition) is 2. The molecule has 2 nitrogen and oxygen atoms in total. The molecule has 0 unspecified atom stereocenters. The normalized spacial score (nSPS) is 10.5. The Labute approximate surface area is 85.8 Å². The summed E-state index contributed by atoms with van der Waals surface area (Å²) < 4.78 is 2.05. The lowest BCUT2D eigenvalue weighted by Crippen LogP contribution is -1.92. The molecular formula is C9H9ClN2S. The van der Waals surface area contributed by atoms with Crippen molar-refractivity contribution in [3.8, 4) is 0 Å². The molecule has 0 N–H and O–H groups in total. The Balaban J connectivity index is 2.10. The molecule has 2 heterocycles. The third-order valence-corrected chi connectivity index (χ3v) is 2.88. The molecule has 2 aromatic rings. The summed E-state index contributed by atoms with van der Waals surface area (Å²) in [7, 11) is 0. The van der Waals surface area contributed by atoms with Gasteiger partial charge in [0.15, 0.2) is 0 Å². The van der Waals surface area contributed by atoms with E-state index in [9.17, 15) is 0 Å². The van der Waals surface area contributed by atoms with Crippen molar-refractivity contribution in [2.24, 2.45) is 0 Å². The van der Waals surface area contributed by atoms with Crippen LogP contribution in [-0.4, -0.2) is 9.55 Å². The molecule has 4 heteroatoms. The Morgan fingerprint density at radius 2 is 2.46 bits per heavy atom. The minimum Gasteiger partial charge on any atom is -0.332 e. The van der Waals surface area contributed by atoms with Crippen molar-refractivity contribution in [2.45, 2.75) is 12.4 Å². The van der Waals surface area contributed by atoms with E-state index in [1.807, 2.05) is 17.1 Å². The van der Waals surface area contributed by atoms with Gasteiger partial charge in [-0.3, -0.25) is 0 Å². The summed E-state index contributed by atoms with van der Waals surface area (Å²) in [6.07, 6.45) is 3.80. The molecule has 2 rings (SSSR count). The molecule has 0 bridgehead atoms. The number of alkyl halides is 1. The number of hydrogen-bond donors (Lipinski definition) is 0. The SMILES string of the molecule is ClCc1cn(Cc2cccs2)cn1. The fourth-order valence-corrected chi connectivity index (χ4v) is 2.00. The topological polar surface area (TPSA) is 17.8 Å². The lowest BCUT2D eigenvalue weighted by Gasteiger charge is -1.96. The molecule has 0 fully saturated rings. The van der Waals surface area contributed by atoms with Gasteiger partial charge in [-0.1, -0.05) is 6.07 Å². The quantitative estimate of drug-likeness (QED) is 0.716. The molecule has 2 aromatic heterocycles. The van der Waals surface area contributed by atoms with Crippen LogP contribution in [0.15, 0.2) is 30.0 Å². The van der Waals surface area contributed by atoms with E-state index < -0.39 is 0 Å². The number of rotatable bonds is 3. The van der Waals surface area contributed by atoms with E-state index in [4.69, 9.17) is 11.6 Å². The summed E-state index contributed by atoms with van der Waals surface area (Å²) in [4.78, 5) is 5.48. The second-order valence-corrected chi connectivity index (χ2v) is 4.05. The van der Waals surface area contributed by atoms with Gasteiger partial charge in [-0.25, -0.2) is 4.98 Å². The highest BCUT2D eigenvalue weighted by molar-refractivity contribution is 7.09. The van der Waals surface area contributed by atoms with E-state index in [0.29, 0.717) is 5.88 Å². The lowest BCUT2D eigenvalue weighted by molar-refractivity contribution is 0.809. The van der Waals surface area contributed by atoms with Crippen LogP contribution in [0.3, 0.4) is 0 Å². The van der Waals surface area contributed by atoms with Crippen molar-refractivity contribution < 1.29 is 0 Å². The zero-order chi connectivity index (χ0) is 9.10. The Morgan fingerprint density at radius 3 is 3.08 bits per heavy atom. The fourth-order valence-electron chi connectivity index (χ4n) is 1.14. The number of aromatic nitrogens is 2. The smallest absolute Gasteiger partial charge is 0.0953 e. The first-order valence-corrected chi connectivity index (χ1v) is 5.39. The Bertz CT molecular complexity index is 367. The fraction of sp³-hybridized carbons (Fsp3) is 0.222. The zero-order valence-corrected chi connectivity index (χ0v) is 8.55. The minimum absolute atomic E-state index is 0.484. The van der Waals surface area contributed by atoms with E-state index in [2.05, 4.69) is 22.5 Å². The van der Waals surface area contributed by atoms with Gasteiger partial charge < -0.3 is 4.57 Å². The molecule has 0 saturated heterocycles. The average molecular weight is 213 g/mol. The standard InChI is InChI=1S/C9H9ClN2S/c10-4-8-5-12(7-11-8)6-9-2-1-3-13-9/h1-3,5,7H,4,6H2. The Morgan fingerprint density at radius 1 is 1.54 bits per heavy atom. The van der Waals surface area contributed by atoms with Crippen LogP contribution in [0.5, 0.6) is 0 Å². The molecule has 0 spiro atoms. The second kappa shape index (κ2) is 3.94. The molecule has 0 amide bonds. The molecule has 0 radical (unpaired) electrons. The highest BCUT2D eigenvalue weighted by Gasteiger charge is 1.98. The Hall–Kier alpha value is -0.800. The van der Waals surface area contributed by atoms with Crippen molar-refractivity contribution in [1.82, 2.24) is 9.55 Å². The molecule has 0 saturated carbocycles. The van der Waals surface area contributed by atoms with Gasteiger partial charge in [0.1, 0.15) is 0 Å². The van der Waals surface area contributed by atoms with E-state index in [0.717, 1.165) is 12.2 Å². The highest BCUT2D eigenvalue weighted by atomic mass is 35.5. The molecule has 13 heavy (non-hydrogen) atoms. The van der Waals surface area contributed by atoms with Crippen LogP contribution < -0.4 is 0 Å². The van der Waals surface area contributed by atoms with Gasteiger partial charge in [-0.2, -0.15) is 0 Å². The minimum atomic E-state index is 0.484. The zero-order valence-electron chi connectivity index (χ0n) is 6.98. The van der Waals surface area contributed by atoms with Crippen LogP contribution in [0, 0.1) is 0 Å². The largest absolute Gasteiger partial charge is 0.332 e. The first-order chi connectivity index (χ1) is 6.38. The van der Waals surface area contributed by atoms with Gasteiger partial charge in [-0.05, 0) is 11.4 Å². The third-order valence-electron chi connectivity index (χ3n) is 1.74. The van der Waals surface area contributed by atoms with Gasteiger partial charge in [0.25, 0.3) is 0 Å². The highest BCUT2D eigenvalue weighted by Crippen LogP contribution is 2.11. The summed E-state index contributed by atoms with van der Waals surface area (Å²) in [6.45, 7) is 0.890. The van der Waals surface area contributed by atoms with Crippen molar-refractivity contribution in [3.05, 3.63) is 40.6 Å². The van der Waals surface area contributed by atoms with Crippen LogP contribution in [0.4, 0.5) is 0 Å². The summed E-state index contributed by atoms with van der Waals surface area (Å²) >= 11 is 7.40. The maximum atomic E-state index is 5.65. The van der Waals surface area contributed by atoms with Gasteiger partial charge >= 0.3 is 0 Å². The molecular weight excluding hydrogens is 204 g/mol. The first-order valence-electron chi connectivity index (χ1n) is 3.97. The van der Waals surface area contributed by atoms with Gasteiger partial charge in [-0.15, -0.1) is 22.9 Å². The number of halogens is 1. The summed E-state index contributed by atoms with van der Waals surface area (Å²) in [5, 5.41) is 2.08. The first kappa shape index (κ1) is 8.78. The van der Waals surface area contributed by atoms with Crippen LogP contribution in [-0.2, 0) is 12.4 Å². The van der Waals surface area contributed by atoms with Crippen molar-refractivity contribution in [2.75, 3.05) is 0 Å². The average Bonchev–Trinajstić information content (AvgIpc) is 2.76. The van der Waals surface area contributed by atoms with Crippen molar-refractivity contribution >= 4 is 22.9 Å². The molecule has 68 valence electrons. The molecule has 0 aliphatic rings. The molecule has 0 aromatic carbocycles. The van der Waals surface area contributed by atoms with Gasteiger partial charge in [0.05, 0.1) is 24.4 Å². The van der Waals surface area contributed by atoms with E-state index in [1.165, 1.54) is 4.88 Å². The van der Waals surface area contributed by atoms with E-state index in [1.54, 1.807) is 11.3 Å². The summed E-state index contributed by atoms with van der Waals surface area (Å²) in [5.41, 5.74) is 0.929. The predicted molar refractivity (Wildman–Crippen MR) is 55.2 cm³/mol. The summed E-state index contributed by atoms with van der Waals surface area (Å²) in [6, 6.07) is 4.17. The summed E-state index contributed by atoms with van der Waals surface area (Å²) in [5.74, 6) is 0.484. The second-order valence-electron chi connectivity index (χ2n) is 2.75. The number of thiophene rings is 1. The van der Waals surface area contributed by atoms with Crippen molar-refractivity contribution in [3.63, 3.8) is 0 Å². The monoisotopic (exact) mass is 212 g/mol.